The van der Waals surface area contributed by atoms with E-state index in [1.165, 1.54) is 23.5 Å². The van der Waals surface area contributed by atoms with E-state index in [1.54, 1.807) is 30.3 Å². The minimum atomic E-state index is -4.38. The predicted octanol–water partition coefficient (Wildman–Crippen LogP) is 5.52. The molecule has 1 N–H and O–H groups in total. The van der Waals surface area contributed by atoms with Crippen molar-refractivity contribution in [2.24, 2.45) is 0 Å². The maximum absolute atomic E-state index is 13.1. The highest BCUT2D eigenvalue weighted by molar-refractivity contribution is 7.19. The van der Waals surface area contributed by atoms with Crippen LogP contribution in [0.3, 0.4) is 0 Å². The molecule has 1 aromatic heterocycles. The van der Waals surface area contributed by atoms with Crippen LogP contribution in [0.2, 0.25) is 0 Å². The Morgan fingerprint density at radius 2 is 1.85 bits per heavy atom. The van der Waals surface area contributed by atoms with Crippen molar-refractivity contribution in [2.75, 3.05) is 0 Å². The van der Waals surface area contributed by atoms with E-state index in [0.717, 1.165) is 11.6 Å². The van der Waals surface area contributed by atoms with E-state index in [0.29, 0.717) is 21.7 Å². The zero-order chi connectivity index (χ0) is 18.7. The van der Waals surface area contributed by atoms with Crippen molar-refractivity contribution in [1.82, 2.24) is 0 Å². The van der Waals surface area contributed by atoms with Crippen molar-refractivity contribution < 1.29 is 27.8 Å². The second kappa shape index (κ2) is 7.37. The highest BCUT2D eigenvalue weighted by Gasteiger charge is 2.32. The van der Waals surface area contributed by atoms with Crippen LogP contribution in [0.25, 0.3) is 10.1 Å². The van der Waals surface area contributed by atoms with Gasteiger partial charge in [-0.25, -0.2) is 0 Å². The number of alkyl halides is 3. The summed E-state index contributed by atoms with van der Waals surface area (Å²) < 4.78 is 45.4. The normalized spacial score (nSPS) is 11.7. The van der Waals surface area contributed by atoms with E-state index in [9.17, 15) is 18.0 Å². The predicted molar refractivity (Wildman–Crippen MR) is 93.6 cm³/mol. The molecule has 3 rings (SSSR count). The number of carboxylic acid groups (broad SMARTS) is 1. The highest BCUT2D eigenvalue weighted by atomic mass is 32.1. The molecule has 0 amide bonds. The fraction of sp³-hybridized carbons (Fsp3) is 0.211. The van der Waals surface area contributed by atoms with Gasteiger partial charge >= 0.3 is 12.1 Å². The quantitative estimate of drug-likeness (QED) is 0.613. The Morgan fingerprint density at radius 1 is 1.12 bits per heavy atom. The first-order valence-corrected chi connectivity index (χ1v) is 8.67. The molecule has 0 aliphatic carbocycles. The third-order valence-corrected chi connectivity index (χ3v) is 4.92. The minimum Gasteiger partial charge on any atom is -0.488 e. The first kappa shape index (κ1) is 18.3. The van der Waals surface area contributed by atoms with Gasteiger partial charge < -0.3 is 9.84 Å². The Bertz CT molecular complexity index is 914. The summed E-state index contributed by atoms with van der Waals surface area (Å²) >= 11 is 1.27. The van der Waals surface area contributed by atoms with E-state index >= 15 is 0 Å². The third kappa shape index (κ3) is 4.35. The Kier molecular flexibility index (Phi) is 5.18. The fourth-order valence-corrected chi connectivity index (χ4v) is 3.59. The number of aryl methyl sites for hydroxylation is 1. The van der Waals surface area contributed by atoms with Gasteiger partial charge in [-0.1, -0.05) is 18.2 Å². The van der Waals surface area contributed by atoms with Gasteiger partial charge in [0.1, 0.15) is 12.4 Å². The monoisotopic (exact) mass is 380 g/mol. The van der Waals surface area contributed by atoms with Crippen molar-refractivity contribution >= 4 is 27.4 Å². The molecule has 0 radical (unpaired) electrons. The van der Waals surface area contributed by atoms with Crippen LogP contribution in [0.15, 0.2) is 48.5 Å². The van der Waals surface area contributed by atoms with Crippen LogP contribution in [-0.2, 0) is 24.0 Å². The molecule has 1 heterocycles. The largest absolute Gasteiger partial charge is 0.488 e. The second-order valence-corrected chi connectivity index (χ2v) is 6.92. The standard InChI is InChI=1S/C19H15F3O3S/c20-19(21,22)16-2-1-3-17-15(16)10-14(26-17)11-25-13-7-4-12(5-8-13)6-9-18(23)24/h1-5,7-8,10H,6,9,11H2,(H,23,24). The lowest BCUT2D eigenvalue weighted by molar-refractivity contribution is -0.137. The van der Waals surface area contributed by atoms with Crippen molar-refractivity contribution in [3.8, 4) is 5.75 Å². The third-order valence-electron chi connectivity index (χ3n) is 3.85. The number of aliphatic carboxylic acids is 1. The second-order valence-electron chi connectivity index (χ2n) is 5.75. The van der Waals surface area contributed by atoms with E-state index in [2.05, 4.69) is 0 Å². The maximum atomic E-state index is 13.1. The molecule has 0 bridgehead atoms. The Morgan fingerprint density at radius 3 is 2.50 bits per heavy atom. The number of thiophene rings is 1. The number of rotatable bonds is 6. The van der Waals surface area contributed by atoms with Crippen molar-refractivity contribution in [1.29, 1.82) is 0 Å². The summed E-state index contributed by atoms with van der Waals surface area (Å²) in [5, 5.41) is 8.86. The average molecular weight is 380 g/mol. The van der Waals surface area contributed by atoms with E-state index < -0.39 is 17.7 Å². The lowest BCUT2D eigenvalue weighted by atomic mass is 10.1. The SMILES string of the molecule is O=C(O)CCc1ccc(OCc2cc3c(C(F)(F)F)cccc3s2)cc1. The molecular formula is C19H15F3O3S. The lowest BCUT2D eigenvalue weighted by Gasteiger charge is -2.07. The van der Waals surface area contributed by atoms with E-state index in [1.807, 2.05) is 0 Å². The molecule has 7 heteroatoms. The van der Waals surface area contributed by atoms with Gasteiger partial charge in [-0.3, -0.25) is 4.79 Å². The van der Waals surface area contributed by atoms with Crippen LogP contribution in [0, 0.1) is 0 Å². The summed E-state index contributed by atoms with van der Waals surface area (Å²) in [6, 6.07) is 12.7. The van der Waals surface area contributed by atoms with Gasteiger partial charge in [0, 0.05) is 21.4 Å². The van der Waals surface area contributed by atoms with Crippen LogP contribution in [-0.4, -0.2) is 11.1 Å². The number of carbonyl (C=O) groups is 1. The Hall–Kier alpha value is -2.54. The summed E-state index contributed by atoms with van der Waals surface area (Å²) in [6.45, 7) is 0.172. The van der Waals surface area contributed by atoms with Crippen LogP contribution in [0.1, 0.15) is 22.4 Å². The number of benzene rings is 2. The van der Waals surface area contributed by atoms with Gasteiger partial charge in [0.15, 0.2) is 0 Å². The fourth-order valence-electron chi connectivity index (χ4n) is 2.59. The highest BCUT2D eigenvalue weighted by Crippen LogP contribution is 2.38. The molecule has 3 aromatic rings. The molecule has 0 aliphatic rings. The smallest absolute Gasteiger partial charge is 0.417 e. The first-order chi connectivity index (χ1) is 12.3. The summed E-state index contributed by atoms with van der Waals surface area (Å²) in [5.41, 5.74) is 0.247. The van der Waals surface area contributed by atoms with Crippen LogP contribution < -0.4 is 4.74 Å². The molecule has 0 saturated heterocycles. The average Bonchev–Trinajstić information content (AvgIpc) is 3.01. The van der Waals surface area contributed by atoms with Crippen molar-refractivity contribution in [3.63, 3.8) is 0 Å². The number of carboxylic acids is 1. The van der Waals surface area contributed by atoms with E-state index in [4.69, 9.17) is 9.84 Å². The molecule has 0 saturated carbocycles. The minimum absolute atomic E-state index is 0.0591. The molecule has 0 atom stereocenters. The number of ether oxygens (including phenoxy) is 1. The van der Waals surface area contributed by atoms with Gasteiger partial charge in [-0.15, -0.1) is 11.3 Å². The molecule has 136 valence electrons. The number of fused-ring (bicyclic) bond motifs is 1. The van der Waals surface area contributed by atoms with Crippen LogP contribution in [0.4, 0.5) is 13.2 Å². The van der Waals surface area contributed by atoms with Gasteiger partial charge in [-0.05, 0) is 42.3 Å². The summed E-state index contributed by atoms with van der Waals surface area (Å²) in [4.78, 5) is 11.3. The van der Waals surface area contributed by atoms with Crippen LogP contribution >= 0.6 is 11.3 Å². The number of hydrogen-bond donors (Lipinski definition) is 1. The molecule has 0 fully saturated rings. The van der Waals surface area contributed by atoms with Crippen molar-refractivity contribution in [2.45, 2.75) is 25.6 Å². The van der Waals surface area contributed by atoms with Crippen molar-refractivity contribution in [3.05, 3.63) is 64.5 Å². The summed E-state index contributed by atoms with van der Waals surface area (Å²) in [7, 11) is 0. The van der Waals surface area contributed by atoms with E-state index in [-0.39, 0.29) is 18.4 Å². The zero-order valence-corrected chi connectivity index (χ0v) is 14.4. The molecule has 0 spiro atoms. The molecule has 26 heavy (non-hydrogen) atoms. The van der Waals surface area contributed by atoms with Crippen LogP contribution in [0.5, 0.6) is 5.75 Å². The molecule has 0 aliphatic heterocycles. The Labute approximate surface area is 151 Å². The maximum Gasteiger partial charge on any atom is 0.417 e. The first-order valence-electron chi connectivity index (χ1n) is 7.85. The number of hydrogen-bond acceptors (Lipinski definition) is 3. The molecule has 3 nitrogen and oxygen atoms in total. The zero-order valence-electron chi connectivity index (χ0n) is 13.5. The Balaban J connectivity index is 1.69. The topological polar surface area (TPSA) is 46.5 Å². The molecular weight excluding hydrogens is 365 g/mol. The van der Waals surface area contributed by atoms with Gasteiger partial charge in [-0.2, -0.15) is 13.2 Å². The lowest BCUT2D eigenvalue weighted by Crippen LogP contribution is -2.04. The molecule has 2 aromatic carbocycles. The molecule has 0 unspecified atom stereocenters. The van der Waals surface area contributed by atoms with Gasteiger partial charge in [0.2, 0.25) is 0 Å². The van der Waals surface area contributed by atoms with Gasteiger partial charge in [0.25, 0.3) is 0 Å². The summed E-state index contributed by atoms with van der Waals surface area (Å²) in [6.07, 6.45) is -3.89. The number of halogens is 3. The van der Waals surface area contributed by atoms with Gasteiger partial charge in [0.05, 0.1) is 5.56 Å². The summed E-state index contributed by atoms with van der Waals surface area (Å²) in [5.74, 6) is -0.272.